The zero-order valence-corrected chi connectivity index (χ0v) is 17.4. The number of nitriles is 1. The first kappa shape index (κ1) is 20.0. The van der Waals surface area contributed by atoms with Crippen molar-refractivity contribution in [2.24, 2.45) is 0 Å². The summed E-state index contributed by atoms with van der Waals surface area (Å²) in [6.45, 7) is 4.40. The third-order valence-electron chi connectivity index (χ3n) is 4.76. The van der Waals surface area contributed by atoms with Crippen LogP contribution >= 0.6 is 23.1 Å². The van der Waals surface area contributed by atoms with E-state index >= 15 is 0 Å². The lowest BCUT2D eigenvalue weighted by atomic mass is 10.1. The fraction of sp³-hybridized carbons (Fsp3) is 0.273. The quantitative estimate of drug-likeness (QED) is 0.525. The summed E-state index contributed by atoms with van der Waals surface area (Å²) in [6.07, 6.45) is 0. The SMILES string of the molecule is N#Cc1c(SCCN2CCOCC2)cc(-c2cccs2)nc1-c1ccc(F)cc1. The average molecular weight is 426 g/mol. The van der Waals surface area contributed by atoms with Crippen LogP contribution in [0.5, 0.6) is 0 Å². The number of aromatic nitrogens is 1. The van der Waals surface area contributed by atoms with Crippen LogP contribution in [-0.4, -0.2) is 48.5 Å². The monoisotopic (exact) mass is 425 g/mol. The summed E-state index contributed by atoms with van der Waals surface area (Å²) in [5, 5.41) is 11.9. The summed E-state index contributed by atoms with van der Waals surface area (Å²) in [5.41, 5.74) is 2.74. The van der Waals surface area contributed by atoms with Crippen molar-refractivity contribution in [1.82, 2.24) is 9.88 Å². The van der Waals surface area contributed by atoms with Crippen LogP contribution in [0.1, 0.15) is 5.56 Å². The van der Waals surface area contributed by atoms with Crippen LogP contribution in [0.4, 0.5) is 4.39 Å². The highest BCUT2D eigenvalue weighted by atomic mass is 32.2. The first-order chi connectivity index (χ1) is 14.2. The molecule has 0 spiro atoms. The third-order valence-corrected chi connectivity index (χ3v) is 6.67. The Morgan fingerprint density at radius 3 is 2.69 bits per heavy atom. The molecular formula is C22H20FN3OS2. The molecule has 0 amide bonds. The average Bonchev–Trinajstić information content (AvgIpc) is 3.29. The molecule has 29 heavy (non-hydrogen) atoms. The Morgan fingerprint density at radius 1 is 1.21 bits per heavy atom. The van der Waals surface area contributed by atoms with Crippen molar-refractivity contribution in [3.05, 3.63) is 59.2 Å². The lowest BCUT2D eigenvalue weighted by Crippen LogP contribution is -2.37. The molecule has 0 atom stereocenters. The summed E-state index contributed by atoms with van der Waals surface area (Å²) in [5.74, 6) is 0.576. The van der Waals surface area contributed by atoms with E-state index < -0.39 is 0 Å². The van der Waals surface area contributed by atoms with Gasteiger partial charge in [-0.25, -0.2) is 9.37 Å². The zero-order chi connectivity index (χ0) is 20.1. The largest absolute Gasteiger partial charge is 0.379 e. The number of rotatable bonds is 6. The van der Waals surface area contributed by atoms with E-state index in [1.54, 1.807) is 35.2 Å². The standard InChI is InChI=1S/C22H20FN3OS2/c23-17-5-3-16(4-6-17)22-18(15-24)21(14-19(25-22)20-2-1-12-28-20)29-13-9-26-7-10-27-11-8-26/h1-6,12,14H,7-11,13H2. The number of halogens is 1. The third kappa shape index (κ3) is 4.85. The Hall–Kier alpha value is -2.24. The molecule has 3 aromatic rings. The maximum Gasteiger partial charge on any atom is 0.123 e. The predicted octanol–water partition coefficient (Wildman–Crippen LogP) is 4.91. The van der Waals surface area contributed by atoms with Gasteiger partial charge in [0.25, 0.3) is 0 Å². The topological polar surface area (TPSA) is 49.2 Å². The van der Waals surface area contributed by atoms with E-state index in [0.29, 0.717) is 11.3 Å². The molecule has 1 aliphatic rings. The number of hydrogen-bond acceptors (Lipinski definition) is 6. The van der Waals surface area contributed by atoms with Gasteiger partial charge in [0.1, 0.15) is 11.9 Å². The van der Waals surface area contributed by atoms with Crippen LogP contribution in [0.25, 0.3) is 21.8 Å². The van der Waals surface area contributed by atoms with Crippen molar-refractivity contribution in [1.29, 1.82) is 5.26 Å². The first-order valence-electron chi connectivity index (χ1n) is 9.42. The Kier molecular flexibility index (Phi) is 6.57. The van der Waals surface area contributed by atoms with Crippen LogP contribution in [-0.2, 0) is 4.74 Å². The van der Waals surface area contributed by atoms with Gasteiger partial charge in [-0.1, -0.05) is 6.07 Å². The minimum atomic E-state index is -0.304. The summed E-state index contributed by atoms with van der Waals surface area (Å²) >= 11 is 3.29. The van der Waals surface area contributed by atoms with Gasteiger partial charge in [-0.15, -0.1) is 23.1 Å². The van der Waals surface area contributed by atoms with Gasteiger partial charge in [-0.3, -0.25) is 4.90 Å². The molecule has 1 saturated heterocycles. The Bertz CT molecular complexity index is 994. The van der Waals surface area contributed by atoms with Crippen LogP contribution in [0.2, 0.25) is 0 Å². The van der Waals surface area contributed by atoms with Gasteiger partial charge in [0, 0.05) is 35.8 Å². The highest BCUT2D eigenvalue weighted by Gasteiger charge is 2.17. The molecule has 7 heteroatoms. The number of hydrogen-bond donors (Lipinski definition) is 0. The molecule has 4 nitrogen and oxygen atoms in total. The second-order valence-corrected chi connectivity index (χ2v) is 8.71. The van der Waals surface area contributed by atoms with Crippen LogP contribution in [0.3, 0.4) is 0 Å². The summed E-state index contributed by atoms with van der Waals surface area (Å²) in [4.78, 5) is 9.11. The molecule has 0 aliphatic carbocycles. The van der Waals surface area contributed by atoms with Gasteiger partial charge < -0.3 is 4.74 Å². The van der Waals surface area contributed by atoms with Crippen LogP contribution in [0.15, 0.2) is 52.7 Å². The van der Waals surface area contributed by atoms with Crippen LogP contribution in [0, 0.1) is 17.1 Å². The van der Waals surface area contributed by atoms with Crippen LogP contribution < -0.4 is 0 Å². The molecule has 3 heterocycles. The molecule has 0 unspecified atom stereocenters. The van der Waals surface area contributed by atoms with Gasteiger partial charge in [-0.05, 0) is 41.8 Å². The first-order valence-corrected chi connectivity index (χ1v) is 11.3. The fourth-order valence-corrected chi connectivity index (χ4v) is 4.96. The van der Waals surface area contributed by atoms with Gasteiger partial charge in [-0.2, -0.15) is 5.26 Å². The minimum Gasteiger partial charge on any atom is -0.379 e. The van der Waals surface area contributed by atoms with Crippen molar-refractivity contribution >= 4 is 23.1 Å². The number of ether oxygens (including phenoxy) is 1. The Balaban J connectivity index is 1.66. The molecule has 2 aromatic heterocycles. The molecule has 0 saturated carbocycles. The van der Waals surface area contributed by atoms with Gasteiger partial charge >= 0.3 is 0 Å². The van der Waals surface area contributed by atoms with E-state index in [-0.39, 0.29) is 5.82 Å². The van der Waals surface area contributed by atoms with Crippen molar-refractivity contribution in [3.63, 3.8) is 0 Å². The predicted molar refractivity (Wildman–Crippen MR) is 116 cm³/mol. The number of thiophene rings is 1. The number of pyridine rings is 1. The molecule has 1 aromatic carbocycles. The number of benzene rings is 1. The molecule has 4 rings (SSSR count). The maximum absolute atomic E-state index is 13.4. The number of thioether (sulfide) groups is 1. The molecule has 1 fully saturated rings. The molecular weight excluding hydrogens is 405 g/mol. The van der Waals surface area contributed by atoms with E-state index in [2.05, 4.69) is 11.0 Å². The van der Waals surface area contributed by atoms with Gasteiger partial charge in [0.2, 0.25) is 0 Å². The van der Waals surface area contributed by atoms with E-state index in [4.69, 9.17) is 9.72 Å². The summed E-state index contributed by atoms with van der Waals surface area (Å²) in [7, 11) is 0. The van der Waals surface area contributed by atoms with E-state index in [0.717, 1.165) is 59.6 Å². The highest BCUT2D eigenvalue weighted by molar-refractivity contribution is 7.99. The van der Waals surface area contributed by atoms with Crippen molar-refractivity contribution in [2.75, 3.05) is 38.6 Å². The lowest BCUT2D eigenvalue weighted by molar-refractivity contribution is 0.0410. The van der Waals surface area contributed by atoms with E-state index in [9.17, 15) is 9.65 Å². The summed E-state index contributed by atoms with van der Waals surface area (Å²) in [6, 6.07) is 14.5. The highest BCUT2D eigenvalue weighted by Crippen LogP contribution is 2.35. The zero-order valence-electron chi connectivity index (χ0n) is 15.8. The van der Waals surface area contributed by atoms with Crippen molar-refractivity contribution in [2.45, 2.75) is 4.90 Å². The maximum atomic E-state index is 13.4. The second kappa shape index (κ2) is 9.51. The van der Waals surface area contributed by atoms with Crippen molar-refractivity contribution < 1.29 is 9.13 Å². The lowest BCUT2D eigenvalue weighted by Gasteiger charge is -2.26. The normalized spacial score (nSPS) is 14.6. The smallest absolute Gasteiger partial charge is 0.123 e. The second-order valence-electron chi connectivity index (χ2n) is 6.63. The molecule has 0 radical (unpaired) electrons. The fourth-order valence-electron chi connectivity index (χ4n) is 3.22. The Morgan fingerprint density at radius 2 is 2.00 bits per heavy atom. The van der Waals surface area contributed by atoms with E-state index in [1.807, 2.05) is 23.6 Å². The number of nitrogens with zero attached hydrogens (tertiary/aromatic N) is 3. The molecule has 148 valence electrons. The van der Waals surface area contributed by atoms with Gasteiger partial charge in [0.05, 0.1) is 35.0 Å². The number of morpholine rings is 1. The van der Waals surface area contributed by atoms with E-state index in [1.165, 1.54) is 12.1 Å². The molecule has 0 N–H and O–H groups in total. The van der Waals surface area contributed by atoms with Crippen molar-refractivity contribution in [3.8, 4) is 27.9 Å². The van der Waals surface area contributed by atoms with Gasteiger partial charge in [0.15, 0.2) is 0 Å². The minimum absolute atomic E-state index is 0.304. The molecule has 1 aliphatic heterocycles. The summed E-state index contributed by atoms with van der Waals surface area (Å²) < 4.78 is 18.8. The molecule has 0 bridgehead atoms. The Labute approximate surface area is 178 Å².